The van der Waals surface area contributed by atoms with Crippen LogP contribution < -0.4 is 0 Å². The van der Waals surface area contributed by atoms with Crippen LogP contribution in [0.1, 0.15) is 20.8 Å². The molecule has 7 heavy (non-hydrogen) atoms. The minimum absolute atomic E-state index is 0.759. The summed E-state index contributed by atoms with van der Waals surface area (Å²) in [5.41, 5.74) is 0. The maximum absolute atomic E-state index is 3.97. The van der Waals surface area contributed by atoms with Gasteiger partial charge in [0.05, 0.1) is 0 Å². The van der Waals surface area contributed by atoms with Crippen LogP contribution in [0.4, 0.5) is 0 Å². The molecule has 0 aromatic heterocycles. The summed E-state index contributed by atoms with van der Waals surface area (Å²) in [6.45, 7) is 6.41. The molecule has 0 saturated carbocycles. The van der Waals surface area contributed by atoms with Crippen LogP contribution in [0.2, 0.25) is 0 Å². The third-order valence-electron chi connectivity index (χ3n) is 0.667. The van der Waals surface area contributed by atoms with Crippen LogP contribution in [-0.2, 0) is 16.6 Å². The summed E-state index contributed by atoms with van der Waals surface area (Å²) < 4.78 is 0. The summed E-state index contributed by atoms with van der Waals surface area (Å²) >= 11 is 2.13. The van der Waals surface area contributed by atoms with Crippen molar-refractivity contribution in [2.24, 2.45) is 5.92 Å². The molecule has 0 bridgehead atoms. The first-order valence-electron chi connectivity index (χ1n) is 2.20. The van der Waals surface area contributed by atoms with Crippen molar-refractivity contribution in [2.45, 2.75) is 20.8 Å². The van der Waals surface area contributed by atoms with Gasteiger partial charge in [0.1, 0.15) is 0 Å². The predicted octanol–water partition coefficient (Wildman–Crippen LogP) is 2.51. The molecule has 0 N–H and O–H groups in total. The Hall–Kier alpha value is 0.843. The van der Waals surface area contributed by atoms with E-state index in [0.29, 0.717) is 0 Å². The molecule has 2 heteroatoms. The molecule has 0 aliphatic carbocycles. The summed E-state index contributed by atoms with van der Waals surface area (Å²) in [6, 6.07) is 0. The molecule has 0 aromatic carbocycles. The van der Waals surface area contributed by atoms with Crippen LogP contribution in [0.5, 0.6) is 0 Å². The van der Waals surface area contributed by atoms with Gasteiger partial charge in [-0.15, -0.1) is 0 Å². The van der Waals surface area contributed by atoms with Gasteiger partial charge >= 0.3 is 26.7 Å². The molecular weight excluding hydrogens is 195 g/mol. The molecule has 0 saturated heterocycles. The summed E-state index contributed by atoms with van der Waals surface area (Å²) in [6.07, 6.45) is 2.17. The van der Waals surface area contributed by atoms with Crippen molar-refractivity contribution in [2.75, 3.05) is 0 Å². The Morgan fingerprint density at radius 2 is 1.57 bits per heavy atom. The van der Waals surface area contributed by atoms with Crippen LogP contribution in [0.3, 0.4) is 0 Å². The molecule has 0 aromatic rings. The van der Waals surface area contributed by atoms with E-state index in [1.165, 1.54) is 0 Å². The van der Waals surface area contributed by atoms with Crippen molar-refractivity contribution in [1.82, 2.24) is 0 Å². The fourth-order valence-corrected chi connectivity index (χ4v) is 0. The Bertz CT molecular complexity index is 29.3. The second-order valence-corrected chi connectivity index (χ2v) is 1.58. The van der Waals surface area contributed by atoms with Gasteiger partial charge in [-0.05, 0) is 0 Å². The second kappa shape index (κ2) is 9.96. The van der Waals surface area contributed by atoms with E-state index in [2.05, 4.69) is 53.9 Å². The van der Waals surface area contributed by atoms with Gasteiger partial charge in [-0.25, -0.2) is 0 Å². The summed E-state index contributed by atoms with van der Waals surface area (Å²) in [4.78, 5) is 0. The molecule has 0 aliphatic rings. The molecule has 0 rings (SSSR count). The van der Waals surface area contributed by atoms with E-state index >= 15 is 0 Å². The van der Waals surface area contributed by atoms with Gasteiger partial charge in [0, 0.05) is 0 Å². The molecule has 0 atom stereocenters. The Labute approximate surface area is 60.0 Å². The van der Waals surface area contributed by atoms with Crippen molar-refractivity contribution in [1.29, 1.82) is 0 Å². The van der Waals surface area contributed by atoms with E-state index < -0.39 is 0 Å². The Morgan fingerprint density at radius 1 is 1.43 bits per heavy atom. The fraction of sp³-hybridized carbons (Fsp3) is 0.800. The van der Waals surface area contributed by atoms with Crippen LogP contribution in [0.25, 0.3) is 0 Å². The van der Waals surface area contributed by atoms with Crippen molar-refractivity contribution < 1.29 is 16.6 Å². The molecule has 0 amide bonds. The van der Waals surface area contributed by atoms with Gasteiger partial charge < -0.3 is 6.42 Å². The average molecular weight is 206 g/mol. The zero-order valence-corrected chi connectivity index (χ0v) is 7.35. The van der Waals surface area contributed by atoms with E-state index in [-0.39, 0.29) is 0 Å². The predicted molar refractivity (Wildman–Crippen MR) is 32.4 cm³/mol. The van der Waals surface area contributed by atoms with E-state index in [4.69, 9.17) is 0 Å². The summed E-state index contributed by atoms with van der Waals surface area (Å²) in [5.74, 6) is 0.759. The van der Waals surface area contributed by atoms with Crippen LogP contribution in [-0.4, -0.2) is 0 Å². The molecule has 47 valence electrons. The third kappa shape index (κ3) is 19.9. The van der Waals surface area contributed by atoms with Gasteiger partial charge in [0.15, 0.2) is 0 Å². The maximum atomic E-state index is 3.97. The molecule has 0 nitrogen and oxygen atoms in total. The first-order valence-corrected chi connectivity index (χ1v) is 4.48. The quantitative estimate of drug-likeness (QED) is 0.469. The normalized spacial score (nSPS) is 7.57. The zero-order chi connectivity index (χ0) is 6.28. The zero-order valence-electron chi connectivity index (χ0n) is 4.90. The van der Waals surface area contributed by atoms with Gasteiger partial charge in [-0.1, -0.05) is 13.8 Å². The molecule has 0 unspecified atom stereocenters. The Morgan fingerprint density at radius 3 is 1.57 bits per heavy atom. The summed E-state index contributed by atoms with van der Waals surface area (Å²) in [5, 5.41) is 0. The van der Waals surface area contributed by atoms with Crippen LogP contribution in [0, 0.1) is 12.3 Å². The van der Waals surface area contributed by atoms with E-state index in [1.54, 1.807) is 0 Å². The first kappa shape index (κ1) is 10.8. The second-order valence-electron chi connectivity index (χ2n) is 1.58. The van der Waals surface area contributed by atoms with Gasteiger partial charge in [0.25, 0.3) is 0 Å². The third-order valence-corrected chi connectivity index (χ3v) is 0.667. The molecule has 0 fully saturated rings. The SMILES string of the molecule is C[CH-]C(C)C.[S]=[Rh]. The Kier molecular flexibility index (Phi) is 15.3. The van der Waals surface area contributed by atoms with Crippen LogP contribution >= 0.6 is 10.1 Å². The number of rotatable bonds is 1. The fourth-order valence-electron chi connectivity index (χ4n) is 0. The summed E-state index contributed by atoms with van der Waals surface area (Å²) in [7, 11) is 3.97. The van der Waals surface area contributed by atoms with E-state index in [0.717, 1.165) is 5.92 Å². The first-order chi connectivity index (χ1) is 3.27. The van der Waals surface area contributed by atoms with Gasteiger partial charge in [0.2, 0.25) is 0 Å². The number of hydrogen-bond donors (Lipinski definition) is 0. The molecule has 0 aliphatic heterocycles. The van der Waals surface area contributed by atoms with Crippen molar-refractivity contribution in [3.05, 3.63) is 6.42 Å². The van der Waals surface area contributed by atoms with E-state index in [9.17, 15) is 0 Å². The number of hydrogen-bond acceptors (Lipinski definition) is 1. The van der Waals surface area contributed by atoms with E-state index in [1.807, 2.05) is 0 Å². The van der Waals surface area contributed by atoms with Gasteiger partial charge in [-0.3, -0.25) is 0 Å². The molecule has 0 spiro atoms. The minimum atomic E-state index is 0.759. The molecule has 0 radical (unpaired) electrons. The van der Waals surface area contributed by atoms with Crippen molar-refractivity contribution >= 4 is 10.1 Å². The Balaban J connectivity index is 0. The van der Waals surface area contributed by atoms with Crippen LogP contribution in [0.15, 0.2) is 0 Å². The van der Waals surface area contributed by atoms with Crippen molar-refractivity contribution in [3.63, 3.8) is 0 Å². The van der Waals surface area contributed by atoms with Gasteiger partial charge in [-0.2, -0.15) is 12.8 Å². The molecular formula is C5H11RhS-. The standard InChI is InChI=1S/C5H11.Rh.S/c1-4-5(2)3;;/h4-5H,1-3H3;;/q-1;;. The van der Waals surface area contributed by atoms with Crippen molar-refractivity contribution in [3.8, 4) is 0 Å². The topological polar surface area (TPSA) is 0 Å². The average Bonchev–Trinajstić information content (AvgIpc) is 1.73. The molecule has 0 heterocycles. The monoisotopic (exact) mass is 206 g/mol.